The molecule has 1 atom stereocenters. The van der Waals surface area contributed by atoms with E-state index in [0.717, 1.165) is 0 Å². The van der Waals surface area contributed by atoms with Gasteiger partial charge in [-0.25, -0.2) is 0 Å². The molecule has 0 aliphatic carbocycles. The molecule has 0 saturated heterocycles. The second-order valence-electron chi connectivity index (χ2n) is 2.80. The van der Waals surface area contributed by atoms with Gasteiger partial charge >= 0.3 is 5.97 Å². The molecule has 0 saturated carbocycles. The highest BCUT2D eigenvalue weighted by atomic mass is 16.5. The van der Waals surface area contributed by atoms with Gasteiger partial charge in [0.25, 0.3) is 0 Å². The maximum absolute atomic E-state index is 10.6. The summed E-state index contributed by atoms with van der Waals surface area (Å²) in [7, 11) is 1.30. The highest BCUT2D eigenvalue weighted by Gasteiger charge is 2.13. The van der Waals surface area contributed by atoms with Crippen LogP contribution in [-0.4, -0.2) is 32.0 Å². The summed E-state index contributed by atoms with van der Waals surface area (Å²) < 4.78 is 4.39. The molecule has 0 aromatic rings. The molecular weight excluding hydrogens is 158 g/mol. The molecule has 0 aliphatic heterocycles. The SMILES string of the molecule is COC(=O)CN[C@H]([C]=O)C(C)C. The summed E-state index contributed by atoms with van der Waals surface area (Å²) in [5.41, 5.74) is 0. The van der Waals surface area contributed by atoms with Crippen molar-refractivity contribution < 1.29 is 14.3 Å². The summed E-state index contributed by atoms with van der Waals surface area (Å²) in [6.07, 6.45) is 1.81. The Morgan fingerprint density at radius 3 is 2.50 bits per heavy atom. The average Bonchev–Trinajstić information content (AvgIpc) is 2.04. The molecule has 0 aromatic heterocycles. The number of hydrogen-bond donors (Lipinski definition) is 1. The number of nitrogens with one attached hydrogen (secondary N) is 1. The molecule has 0 heterocycles. The number of hydrogen-bond acceptors (Lipinski definition) is 4. The number of esters is 1. The predicted molar refractivity (Wildman–Crippen MR) is 44.3 cm³/mol. The van der Waals surface area contributed by atoms with Gasteiger partial charge in [-0.3, -0.25) is 14.9 Å². The molecule has 0 aliphatic rings. The topological polar surface area (TPSA) is 55.4 Å². The highest BCUT2D eigenvalue weighted by molar-refractivity contribution is 5.72. The predicted octanol–water partition coefficient (Wildman–Crippen LogP) is -0.117. The Kier molecular flexibility index (Phi) is 5.28. The number of carbonyl (C=O) groups excluding carboxylic acids is 2. The maximum atomic E-state index is 10.6. The van der Waals surface area contributed by atoms with Crippen molar-refractivity contribution in [2.75, 3.05) is 13.7 Å². The summed E-state index contributed by atoms with van der Waals surface area (Å²) in [6.45, 7) is 3.80. The van der Waals surface area contributed by atoms with E-state index in [0.29, 0.717) is 0 Å². The normalized spacial score (nSPS) is 12.7. The van der Waals surface area contributed by atoms with Crippen LogP contribution in [0.2, 0.25) is 0 Å². The van der Waals surface area contributed by atoms with Crippen molar-refractivity contribution in [1.29, 1.82) is 0 Å². The number of carbonyl (C=O) groups is 1. The minimum atomic E-state index is -0.399. The second-order valence-corrected chi connectivity index (χ2v) is 2.80. The zero-order valence-electron chi connectivity index (χ0n) is 7.59. The zero-order valence-corrected chi connectivity index (χ0v) is 7.59. The summed E-state index contributed by atoms with van der Waals surface area (Å²) in [6, 6.07) is -0.399. The molecule has 0 spiro atoms. The quantitative estimate of drug-likeness (QED) is 0.587. The van der Waals surface area contributed by atoms with E-state index in [-0.39, 0.29) is 18.4 Å². The summed E-state index contributed by atoms with van der Waals surface area (Å²) in [5, 5.41) is 2.72. The largest absolute Gasteiger partial charge is 0.468 e. The lowest BCUT2D eigenvalue weighted by Crippen LogP contribution is -2.38. The third kappa shape index (κ3) is 4.08. The van der Waals surface area contributed by atoms with E-state index in [1.54, 1.807) is 0 Å². The minimum absolute atomic E-state index is 0.0502. The van der Waals surface area contributed by atoms with Gasteiger partial charge in [0.2, 0.25) is 6.29 Å². The Morgan fingerprint density at radius 1 is 1.58 bits per heavy atom. The Hall–Kier alpha value is -0.900. The smallest absolute Gasteiger partial charge is 0.319 e. The van der Waals surface area contributed by atoms with Crippen LogP contribution in [-0.2, 0) is 14.3 Å². The monoisotopic (exact) mass is 172 g/mol. The van der Waals surface area contributed by atoms with Gasteiger partial charge in [-0.15, -0.1) is 0 Å². The molecule has 0 amide bonds. The molecule has 0 aromatic carbocycles. The van der Waals surface area contributed by atoms with E-state index in [2.05, 4.69) is 10.1 Å². The van der Waals surface area contributed by atoms with Crippen molar-refractivity contribution in [2.24, 2.45) is 5.92 Å². The van der Waals surface area contributed by atoms with E-state index >= 15 is 0 Å². The lowest BCUT2D eigenvalue weighted by Gasteiger charge is -2.13. The van der Waals surface area contributed by atoms with Crippen molar-refractivity contribution >= 4 is 12.3 Å². The molecule has 1 radical (unpaired) electrons. The molecule has 12 heavy (non-hydrogen) atoms. The summed E-state index contributed by atoms with van der Waals surface area (Å²) >= 11 is 0. The molecule has 4 heteroatoms. The van der Waals surface area contributed by atoms with Crippen molar-refractivity contribution in [1.82, 2.24) is 5.32 Å². The van der Waals surface area contributed by atoms with E-state index in [1.165, 1.54) is 7.11 Å². The van der Waals surface area contributed by atoms with Gasteiger partial charge in [-0.1, -0.05) is 13.8 Å². The fourth-order valence-corrected chi connectivity index (χ4v) is 0.679. The van der Waals surface area contributed by atoms with E-state index in [1.807, 2.05) is 20.1 Å². The van der Waals surface area contributed by atoms with Crippen LogP contribution in [0.1, 0.15) is 13.8 Å². The fourth-order valence-electron chi connectivity index (χ4n) is 0.679. The minimum Gasteiger partial charge on any atom is -0.468 e. The van der Waals surface area contributed by atoms with Crippen LogP contribution < -0.4 is 5.32 Å². The van der Waals surface area contributed by atoms with E-state index in [9.17, 15) is 9.59 Å². The molecule has 69 valence electrons. The van der Waals surface area contributed by atoms with Crippen LogP contribution in [0.25, 0.3) is 0 Å². The second kappa shape index (κ2) is 5.71. The van der Waals surface area contributed by atoms with Crippen LogP contribution in [0, 0.1) is 5.92 Å². The Balaban J connectivity index is 3.72. The van der Waals surface area contributed by atoms with Crippen molar-refractivity contribution in [3.05, 3.63) is 0 Å². The molecule has 0 fully saturated rings. The molecule has 1 N–H and O–H groups in total. The molecule has 0 unspecified atom stereocenters. The van der Waals surface area contributed by atoms with Crippen LogP contribution in [0.3, 0.4) is 0 Å². The third-order valence-corrected chi connectivity index (χ3v) is 1.49. The Labute approximate surface area is 72.3 Å². The highest BCUT2D eigenvalue weighted by Crippen LogP contribution is 1.97. The first-order valence-electron chi connectivity index (χ1n) is 3.79. The first kappa shape index (κ1) is 11.1. The standard InChI is InChI=1S/C8H14NO3/c1-6(2)7(5-10)9-4-8(11)12-3/h6-7,9H,4H2,1-3H3/t7-/m1/s1. The van der Waals surface area contributed by atoms with Gasteiger partial charge in [-0.2, -0.15) is 0 Å². The van der Waals surface area contributed by atoms with Crippen molar-refractivity contribution in [3.63, 3.8) is 0 Å². The summed E-state index contributed by atoms with van der Waals surface area (Å²) in [4.78, 5) is 20.9. The third-order valence-electron chi connectivity index (χ3n) is 1.49. The zero-order chi connectivity index (χ0) is 9.56. The van der Waals surface area contributed by atoms with Gasteiger partial charge in [-0.05, 0) is 5.92 Å². The van der Waals surface area contributed by atoms with Crippen LogP contribution in [0.4, 0.5) is 0 Å². The lowest BCUT2D eigenvalue weighted by atomic mass is 10.1. The Morgan fingerprint density at radius 2 is 2.17 bits per heavy atom. The molecular formula is C8H14NO3. The Bertz CT molecular complexity index is 156. The molecule has 0 rings (SSSR count). The van der Waals surface area contributed by atoms with Gasteiger partial charge in [0, 0.05) is 0 Å². The maximum Gasteiger partial charge on any atom is 0.319 e. The number of ether oxygens (including phenoxy) is 1. The van der Waals surface area contributed by atoms with Crippen LogP contribution in [0.5, 0.6) is 0 Å². The van der Waals surface area contributed by atoms with Gasteiger partial charge in [0.05, 0.1) is 19.7 Å². The first-order valence-corrected chi connectivity index (χ1v) is 3.79. The lowest BCUT2D eigenvalue weighted by molar-refractivity contribution is -0.139. The molecule has 4 nitrogen and oxygen atoms in total. The van der Waals surface area contributed by atoms with E-state index < -0.39 is 6.04 Å². The van der Waals surface area contributed by atoms with Crippen molar-refractivity contribution in [3.8, 4) is 0 Å². The van der Waals surface area contributed by atoms with Crippen LogP contribution in [0.15, 0.2) is 0 Å². The van der Waals surface area contributed by atoms with Crippen LogP contribution >= 0.6 is 0 Å². The molecule has 0 bridgehead atoms. The number of rotatable bonds is 5. The summed E-state index contributed by atoms with van der Waals surface area (Å²) in [5.74, 6) is -0.247. The van der Waals surface area contributed by atoms with Gasteiger partial charge in [0.1, 0.15) is 0 Å². The number of methoxy groups -OCH3 is 1. The van der Waals surface area contributed by atoms with Crippen molar-refractivity contribution in [2.45, 2.75) is 19.9 Å². The van der Waals surface area contributed by atoms with Gasteiger partial charge < -0.3 is 4.74 Å². The average molecular weight is 172 g/mol. The van der Waals surface area contributed by atoms with E-state index in [4.69, 9.17) is 0 Å². The van der Waals surface area contributed by atoms with Gasteiger partial charge in [0.15, 0.2) is 0 Å². The first-order chi connectivity index (χ1) is 5.61. The fraction of sp³-hybridized carbons (Fsp3) is 0.750.